The molecule has 2 aliphatic heterocycles. The SMILES string of the molecule is Cc1[nH]c(C(=O)N[C@@H]2[C@@H]3CN(c4nc(CC(=O)N5CCC(N)C5)c(C(=O)O)s4)C[C@@H]32)c(Cl)c1Cl. The number of carboxylic acids is 1. The number of hydrogen-bond acceptors (Lipinski definition) is 7. The number of aromatic carboxylic acids is 1. The molecule has 3 aliphatic rings. The molecule has 4 atom stereocenters. The number of aromatic nitrogens is 2. The summed E-state index contributed by atoms with van der Waals surface area (Å²) in [5.74, 6) is -1.06. The number of anilines is 1. The number of carboxylic acid groups (broad SMARTS) is 1. The van der Waals surface area contributed by atoms with Crippen LogP contribution in [-0.2, 0) is 11.2 Å². The number of likely N-dealkylation sites (tertiary alicyclic amines) is 1. The van der Waals surface area contributed by atoms with Gasteiger partial charge in [-0.15, -0.1) is 0 Å². The van der Waals surface area contributed by atoms with Crippen molar-refractivity contribution >= 4 is 57.5 Å². The molecule has 5 N–H and O–H groups in total. The summed E-state index contributed by atoms with van der Waals surface area (Å²) in [4.78, 5) is 48.2. The largest absolute Gasteiger partial charge is 0.477 e. The predicted molar refractivity (Wildman–Crippen MR) is 128 cm³/mol. The average molecular weight is 527 g/mol. The van der Waals surface area contributed by atoms with Crippen LogP contribution in [0.4, 0.5) is 5.13 Å². The smallest absolute Gasteiger partial charge is 0.347 e. The Bertz CT molecular complexity index is 1170. The Morgan fingerprint density at radius 2 is 1.94 bits per heavy atom. The first-order valence-corrected chi connectivity index (χ1v) is 12.6. The lowest BCUT2D eigenvalue weighted by atomic mass is 10.2. The number of nitrogens with two attached hydrogens (primary N) is 1. The molecule has 0 radical (unpaired) electrons. The van der Waals surface area contributed by atoms with E-state index in [1.54, 1.807) is 11.8 Å². The number of nitrogens with one attached hydrogen (secondary N) is 2. The maximum Gasteiger partial charge on any atom is 0.347 e. The highest BCUT2D eigenvalue weighted by Gasteiger charge is 2.57. The van der Waals surface area contributed by atoms with Crippen LogP contribution in [0.1, 0.15) is 38.0 Å². The van der Waals surface area contributed by atoms with Gasteiger partial charge in [-0.1, -0.05) is 34.5 Å². The van der Waals surface area contributed by atoms with Crippen LogP contribution in [0.3, 0.4) is 0 Å². The minimum atomic E-state index is -1.09. The lowest BCUT2D eigenvalue weighted by Gasteiger charge is -2.19. The molecule has 0 aromatic carbocycles. The molecule has 1 saturated carbocycles. The number of thiazole rings is 1. The van der Waals surface area contributed by atoms with Gasteiger partial charge in [-0.05, 0) is 13.3 Å². The van der Waals surface area contributed by atoms with Gasteiger partial charge in [-0.3, -0.25) is 9.59 Å². The predicted octanol–water partition coefficient (Wildman–Crippen LogP) is 1.75. The van der Waals surface area contributed by atoms with E-state index in [4.69, 9.17) is 28.9 Å². The maximum absolute atomic E-state index is 12.6. The van der Waals surface area contributed by atoms with Crippen molar-refractivity contribution < 1.29 is 19.5 Å². The van der Waals surface area contributed by atoms with E-state index in [9.17, 15) is 19.5 Å². The van der Waals surface area contributed by atoms with Gasteiger partial charge < -0.3 is 30.9 Å². The zero-order chi connectivity index (χ0) is 24.3. The van der Waals surface area contributed by atoms with Crippen molar-refractivity contribution in [2.75, 3.05) is 31.1 Å². The van der Waals surface area contributed by atoms with Gasteiger partial charge in [0.25, 0.3) is 5.91 Å². The van der Waals surface area contributed by atoms with Crippen LogP contribution in [0.15, 0.2) is 0 Å². The first-order chi connectivity index (χ1) is 16.1. The van der Waals surface area contributed by atoms with E-state index in [1.165, 1.54) is 0 Å². The van der Waals surface area contributed by atoms with Gasteiger partial charge in [0.15, 0.2) is 5.13 Å². The second-order valence-corrected chi connectivity index (χ2v) is 10.9. The number of aromatic amines is 1. The highest BCUT2D eigenvalue weighted by atomic mass is 35.5. The van der Waals surface area contributed by atoms with E-state index in [0.29, 0.717) is 42.0 Å². The summed E-state index contributed by atoms with van der Waals surface area (Å²) in [5.41, 5.74) is 7.06. The van der Waals surface area contributed by atoms with Crippen molar-refractivity contribution in [3.63, 3.8) is 0 Å². The Morgan fingerprint density at radius 3 is 2.50 bits per heavy atom. The fourth-order valence-electron chi connectivity index (χ4n) is 4.88. The van der Waals surface area contributed by atoms with E-state index in [-0.39, 0.29) is 63.4 Å². The average Bonchev–Trinajstić information content (AvgIpc) is 3.31. The van der Waals surface area contributed by atoms with Crippen molar-refractivity contribution in [3.05, 3.63) is 32.0 Å². The number of halogens is 2. The van der Waals surface area contributed by atoms with E-state index in [0.717, 1.165) is 17.8 Å². The van der Waals surface area contributed by atoms with Crippen LogP contribution in [0.5, 0.6) is 0 Å². The van der Waals surface area contributed by atoms with Crippen LogP contribution < -0.4 is 16.0 Å². The minimum Gasteiger partial charge on any atom is -0.477 e. The van der Waals surface area contributed by atoms with Crippen LogP contribution in [0.2, 0.25) is 10.0 Å². The van der Waals surface area contributed by atoms with Crippen LogP contribution >= 0.6 is 34.5 Å². The molecular weight excluding hydrogens is 503 g/mol. The molecule has 2 aromatic heterocycles. The molecule has 5 rings (SSSR count). The number of carbonyl (C=O) groups is 3. The molecule has 182 valence electrons. The second kappa shape index (κ2) is 8.71. The first kappa shape index (κ1) is 23.4. The fourth-order valence-corrected chi connectivity index (χ4v) is 6.23. The lowest BCUT2D eigenvalue weighted by molar-refractivity contribution is -0.129. The van der Waals surface area contributed by atoms with Gasteiger partial charge in [0.05, 0.1) is 22.2 Å². The summed E-state index contributed by atoms with van der Waals surface area (Å²) in [6.07, 6.45) is 0.694. The van der Waals surface area contributed by atoms with Crippen molar-refractivity contribution in [1.29, 1.82) is 0 Å². The molecule has 2 amide bonds. The number of hydrogen-bond donors (Lipinski definition) is 4. The number of aryl methyl sites for hydroxylation is 1. The number of rotatable bonds is 6. The zero-order valence-electron chi connectivity index (χ0n) is 18.3. The summed E-state index contributed by atoms with van der Waals surface area (Å²) in [6, 6.07) is -0.0192. The molecule has 0 bridgehead atoms. The van der Waals surface area contributed by atoms with E-state index in [1.807, 2.05) is 4.90 Å². The normalized spacial score (nSPS) is 25.5. The third-order valence-electron chi connectivity index (χ3n) is 6.82. The lowest BCUT2D eigenvalue weighted by Crippen LogP contribution is -2.35. The highest BCUT2D eigenvalue weighted by Crippen LogP contribution is 2.48. The monoisotopic (exact) mass is 526 g/mol. The van der Waals surface area contributed by atoms with Crippen molar-refractivity contribution in [3.8, 4) is 0 Å². The fraction of sp³-hybridized carbons (Fsp3) is 0.524. The van der Waals surface area contributed by atoms with Crippen molar-refractivity contribution in [1.82, 2.24) is 20.2 Å². The van der Waals surface area contributed by atoms with E-state index >= 15 is 0 Å². The first-order valence-electron chi connectivity index (χ1n) is 11.0. The Morgan fingerprint density at radius 1 is 1.24 bits per heavy atom. The van der Waals surface area contributed by atoms with E-state index < -0.39 is 5.97 Å². The second-order valence-electron chi connectivity index (χ2n) is 9.13. The zero-order valence-corrected chi connectivity index (χ0v) is 20.6. The number of amides is 2. The molecule has 1 unspecified atom stereocenters. The Hall–Kier alpha value is -2.34. The summed E-state index contributed by atoms with van der Waals surface area (Å²) in [5, 5.41) is 13.8. The van der Waals surface area contributed by atoms with Gasteiger partial charge in [0.2, 0.25) is 5.91 Å². The van der Waals surface area contributed by atoms with Gasteiger partial charge in [0, 0.05) is 55.8 Å². The molecule has 4 heterocycles. The number of fused-ring (bicyclic) bond motifs is 1. The summed E-state index contributed by atoms with van der Waals surface area (Å²) in [7, 11) is 0. The Labute approximate surface area is 209 Å². The molecular formula is C21H24Cl2N6O4S. The quantitative estimate of drug-likeness (QED) is 0.448. The topological polar surface area (TPSA) is 145 Å². The van der Waals surface area contributed by atoms with Crippen LogP contribution in [0, 0.1) is 18.8 Å². The van der Waals surface area contributed by atoms with Crippen LogP contribution in [0.25, 0.3) is 0 Å². The third kappa shape index (κ3) is 4.15. The highest BCUT2D eigenvalue weighted by molar-refractivity contribution is 7.17. The van der Waals surface area contributed by atoms with Gasteiger partial charge in [-0.25, -0.2) is 9.78 Å². The molecule has 1 aliphatic carbocycles. The molecule has 3 fully saturated rings. The number of carbonyl (C=O) groups excluding carboxylic acids is 2. The van der Waals surface area contributed by atoms with Crippen LogP contribution in [-0.4, -0.2) is 76.0 Å². The summed E-state index contributed by atoms with van der Waals surface area (Å²) in [6.45, 7) is 4.11. The molecule has 34 heavy (non-hydrogen) atoms. The van der Waals surface area contributed by atoms with Gasteiger partial charge in [0.1, 0.15) is 10.6 Å². The van der Waals surface area contributed by atoms with Gasteiger partial charge >= 0.3 is 5.97 Å². The standard InChI is InChI=1S/C21H24Cl2N6O4S/c1-8-14(22)15(23)17(25-8)19(31)27-16-10-6-29(7-11(10)16)21-26-12(18(34-21)20(32)33)4-13(30)28-3-2-9(24)5-28/h9-11,16,25H,2-7,24H2,1H3,(H,27,31)(H,32,33)/t9?,10-,11+,16-. The summed E-state index contributed by atoms with van der Waals surface area (Å²) < 4.78 is 0. The van der Waals surface area contributed by atoms with Gasteiger partial charge in [-0.2, -0.15) is 0 Å². The number of piperidine rings is 1. The molecule has 2 saturated heterocycles. The van der Waals surface area contributed by atoms with Crippen molar-refractivity contribution in [2.24, 2.45) is 17.6 Å². The molecule has 13 heteroatoms. The Kier molecular flexibility index (Phi) is 5.99. The number of H-pyrrole nitrogens is 1. The Balaban J connectivity index is 1.22. The minimum absolute atomic E-state index is 0.0153. The summed E-state index contributed by atoms with van der Waals surface area (Å²) >= 11 is 13.3. The molecule has 2 aromatic rings. The maximum atomic E-state index is 12.6. The molecule has 10 nitrogen and oxygen atoms in total. The van der Waals surface area contributed by atoms with E-state index in [2.05, 4.69) is 15.3 Å². The third-order valence-corrected chi connectivity index (χ3v) is 8.91. The number of nitrogens with zero attached hydrogens (tertiary/aromatic N) is 3. The molecule has 0 spiro atoms. The van der Waals surface area contributed by atoms with Crippen molar-refractivity contribution in [2.45, 2.75) is 31.8 Å².